The molecule has 9 rings (SSSR count). The molecule has 0 unspecified atom stereocenters. The summed E-state index contributed by atoms with van der Waals surface area (Å²) >= 11 is 0. The lowest BCUT2D eigenvalue weighted by Crippen LogP contribution is -1.97. The van der Waals surface area contributed by atoms with Crippen molar-refractivity contribution in [3.05, 3.63) is 164 Å². The second kappa shape index (κ2) is 10.8. The molecule has 9 aromatic rings. The van der Waals surface area contributed by atoms with Gasteiger partial charge in [-0.2, -0.15) is 0 Å². The van der Waals surface area contributed by atoms with E-state index < -0.39 is 0 Å². The van der Waals surface area contributed by atoms with E-state index in [1.807, 2.05) is 18.3 Å². The van der Waals surface area contributed by atoms with E-state index in [1.165, 1.54) is 43.4 Å². The van der Waals surface area contributed by atoms with E-state index in [-0.39, 0.29) is 0 Å². The second-order valence-electron chi connectivity index (χ2n) is 11.7. The van der Waals surface area contributed by atoms with Gasteiger partial charge >= 0.3 is 0 Å². The summed E-state index contributed by atoms with van der Waals surface area (Å²) in [5.74, 6) is 0.703. The van der Waals surface area contributed by atoms with Crippen LogP contribution in [0.4, 0.5) is 0 Å². The Morgan fingerprint density at radius 3 is 1.70 bits per heavy atom. The van der Waals surface area contributed by atoms with Gasteiger partial charge < -0.3 is 0 Å². The van der Waals surface area contributed by atoms with Crippen molar-refractivity contribution in [1.82, 2.24) is 15.0 Å². The number of nitrogens with zero attached hydrogens (tertiary/aromatic N) is 3. The van der Waals surface area contributed by atoms with Crippen LogP contribution in [0.25, 0.3) is 88.5 Å². The van der Waals surface area contributed by atoms with Gasteiger partial charge in [-0.05, 0) is 66.7 Å². The summed E-state index contributed by atoms with van der Waals surface area (Å²) in [6, 6.07) is 53.6. The van der Waals surface area contributed by atoms with Gasteiger partial charge in [0.05, 0.1) is 11.4 Å². The summed E-state index contributed by atoms with van der Waals surface area (Å²) < 4.78 is 0. The third-order valence-electron chi connectivity index (χ3n) is 8.96. The van der Waals surface area contributed by atoms with Crippen molar-refractivity contribution < 1.29 is 0 Å². The van der Waals surface area contributed by atoms with E-state index in [0.29, 0.717) is 5.82 Å². The minimum absolute atomic E-state index is 0.703. The van der Waals surface area contributed by atoms with Gasteiger partial charge in [0.25, 0.3) is 0 Å². The Kier molecular flexibility index (Phi) is 6.14. The maximum Gasteiger partial charge on any atom is 0.160 e. The molecule has 0 N–H and O–H groups in total. The average molecular weight is 586 g/mol. The molecular weight excluding hydrogens is 558 g/mol. The highest BCUT2D eigenvalue weighted by atomic mass is 14.9. The Bertz CT molecular complexity index is 2370. The molecule has 0 bridgehead atoms. The highest BCUT2D eigenvalue weighted by Crippen LogP contribution is 2.40. The Labute approximate surface area is 266 Å². The van der Waals surface area contributed by atoms with Crippen LogP contribution in [0.15, 0.2) is 164 Å². The lowest BCUT2D eigenvalue weighted by atomic mass is 9.91. The first-order chi connectivity index (χ1) is 22.8. The maximum atomic E-state index is 5.23. The van der Waals surface area contributed by atoms with Crippen molar-refractivity contribution >= 4 is 32.3 Å². The van der Waals surface area contributed by atoms with Crippen molar-refractivity contribution in [1.29, 1.82) is 0 Å². The van der Waals surface area contributed by atoms with Gasteiger partial charge in [-0.1, -0.05) is 140 Å². The number of rotatable bonds is 5. The molecule has 0 aliphatic carbocycles. The fourth-order valence-corrected chi connectivity index (χ4v) is 6.63. The van der Waals surface area contributed by atoms with E-state index in [0.717, 1.165) is 39.2 Å². The predicted molar refractivity (Wildman–Crippen MR) is 191 cm³/mol. The second-order valence-corrected chi connectivity index (χ2v) is 11.7. The molecular formula is C43H27N3. The van der Waals surface area contributed by atoms with Gasteiger partial charge in [-0.3, -0.25) is 4.98 Å². The number of benzene rings is 7. The number of hydrogen-bond acceptors (Lipinski definition) is 3. The monoisotopic (exact) mass is 585 g/mol. The summed E-state index contributed by atoms with van der Waals surface area (Å²) in [5.41, 5.74) is 9.47. The topological polar surface area (TPSA) is 38.7 Å². The summed E-state index contributed by atoms with van der Waals surface area (Å²) in [4.78, 5) is 14.7. The minimum atomic E-state index is 0.703. The molecule has 0 aliphatic rings. The van der Waals surface area contributed by atoms with Crippen molar-refractivity contribution in [3.63, 3.8) is 0 Å². The molecule has 0 fully saturated rings. The lowest BCUT2D eigenvalue weighted by Gasteiger charge is -2.15. The minimum Gasteiger partial charge on any atom is -0.264 e. The van der Waals surface area contributed by atoms with Crippen LogP contribution in [0.2, 0.25) is 0 Å². The van der Waals surface area contributed by atoms with E-state index in [2.05, 4.69) is 145 Å². The Balaban J connectivity index is 1.22. The van der Waals surface area contributed by atoms with Crippen LogP contribution in [-0.2, 0) is 0 Å². The zero-order valence-corrected chi connectivity index (χ0v) is 24.9. The van der Waals surface area contributed by atoms with Crippen molar-refractivity contribution in [2.24, 2.45) is 0 Å². The van der Waals surface area contributed by atoms with Gasteiger partial charge in [0, 0.05) is 29.1 Å². The molecule has 0 saturated heterocycles. The summed E-state index contributed by atoms with van der Waals surface area (Å²) in [5, 5.41) is 7.52. The Morgan fingerprint density at radius 2 is 0.957 bits per heavy atom. The zero-order valence-electron chi connectivity index (χ0n) is 24.9. The zero-order chi connectivity index (χ0) is 30.5. The molecule has 0 aliphatic heterocycles. The fraction of sp³-hybridized carbons (Fsp3) is 0. The number of pyridine rings is 1. The molecule has 3 nitrogen and oxygen atoms in total. The van der Waals surface area contributed by atoms with Gasteiger partial charge in [0.2, 0.25) is 0 Å². The normalized spacial score (nSPS) is 11.5. The van der Waals surface area contributed by atoms with Crippen LogP contribution in [-0.4, -0.2) is 15.0 Å². The van der Waals surface area contributed by atoms with Gasteiger partial charge in [-0.15, -0.1) is 0 Å². The first-order valence-electron chi connectivity index (χ1n) is 15.5. The molecule has 0 radical (unpaired) electrons. The quantitative estimate of drug-likeness (QED) is 0.189. The van der Waals surface area contributed by atoms with E-state index >= 15 is 0 Å². The van der Waals surface area contributed by atoms with Gasteiger partial charge in [-0.25, -0.2) is 9.97 Å². The third kappa shape index (κ3) is 4.49. The lowest BCUT2D eigenvalue weighted by molar-refractivity contribution is 1.19. The number of aromatic nitrogens is 3. The Hall–Kier alpha value is -6.19. The fourth-order valence-electron chi connectivity index (χ4n) is 6.63. The largest absolute Gasteiger partial charge is 0.264 e. The molecule has 0 atom stereocenters. The number of hydrogen-bond donors (Lipinski definition) is 0. The molecule has 2 heterocycles. The predicted octanol–water partition coefficient (Wildman–Crippen LogP) is 11.1. The molecule has 0 amide bonds. The summed E-state index contributed by atoms with van der Waals surface area (Å²) in [6.07, 6.45) is 3.69. The van der Waals surface area contributed by atoms with Crippen LogP contribution in [0.1, 0.15) is 0 Å². The Morgan fingerprint density at radius 1 is 0.370 bits per heavy atom. The molecule has 2 aromatic heterocycles. The van der Waals surface area contributed by atoms with Crippen molar-refractivity contribution in [2.45, 2.75) is 0 Å². The van der Waals surface area contributed by atoms with E-state index in [1.54, 1.807) is 6.20 Å². The van der Waals surface area contributed by atoms with Gasteiger partial charge in [0.15, 0.2) is 5.82 Å². The van der Waals surface area contributed by atoms with E-state index in [4.69, 9.17) is 9.97 Å². The highest BCUT2D eigenvalue weighted by Gasteiger charge is 2.16. The molecule has 0 spiro atoms. The molecule has 0 saturated carbocycles. The van der Waals surface area contributed by atoms with Crippen molar-refractivity contribution in [3.8, 4) is 56.2 Å². The van der Waals surface area contributed by atoms with Gasteiger partial charge in [0.1, 0.15) is 0 Å². The van der Waals surface area contributed by atoms with Crippen LogP contribution in [0.5, 0.6) is 0 Å². The van der Waals surface area contributed by atoms with Crippen LogP contribution < -0.4 is 0 Å². The maximum absolute atomic E-state index is 5.23. The first-order valence-corrected chi connectivity index (χ1v) is 15.5. The highest BCUT2D eigenvalue weighted by molar-refractivity contribution is 6.25. The third-order valence-corrected chi connectivity index (χ3v) is 8.96. The van der Waals surface area contributed by atoms with Crippen molar-refractivity contribution in [2.75, 3.05) is 0 Å². The molecule has 7 aromatic carbocycles. The smallest absolute Gasteiger partial charge is 0.160 e. The molecule has 214 valence electrons. The van der Waals surface area contributed by atoms with E-state index in [9.17, 15) is 0 Å². The average Bonchev–Trinajstić information content (AvgIpc) is 3.14. The standard InChI is InChI=1S/C43H27N3/c1-2-6-28(7-3-1)29-13-19-35(20-14-29)43-45-39(31-15-11-30(12-16-31)36-10-5-25-44-27-36)26-40(46-43)37-23-21-34-18-17-32-8-4-9-33-22-24-38(37)42(34)41(32)33/h1-27H. The molecule has 3 heteroatoms. The summed E-state index contributed by atoms with van der Waals surface area (Å²) in [7, 11) is 0. The SMILES string of the molecule is c1ccc(-c2ccc(-c3nc(-c4ccc(-c5cccnc5)cc4)cc(-c4ccc5ccc6cccc7ccc4c5c67)n3)cc2)cc1. The summed E-state index contributed by atoms with van der Waals surface area (Å²) in [6.45, 7) is 0. The van der Waals surface area contributed by atoms with Crippen LogP contribution in [0, 0.1) is 0 Å². The first kappa shape index (κ1) is 26.2. The van der Waals surface area contributed by atoms with Crippen LogP contribution in [0.3, 0.4) is 0 Å². The molecule has 46 heavy (non-hydrogen) atoms. The van der Waals surface area contributed by atoms with Crippen LogP contribution >= 0.6 is 0 Å².